The number of anilines is 2. The summed E-state index contributed by atoms with van der Waals surface area (Å²) in [4.78, 5) is 38.0. The smallest absolute Gasteiger partial charge is 0.277 e. The van der Waals surface area contributed by atoms with Crippen LogP contribution >= 0.6 is 0 Å². The van der Waals surface area contributed by atoms with E-state index in [1.807, 2.05) is 0 Å². The fraction of sp³-hybridized carbons (Fsp3) is 0.125. The Labute approximate surface area is 193 Å². The summed E-state index contributed by atoms with van der Waals surface area (Å²) >= 11 is 0. The highest BCUT2D eigenvalue weighted by Gasteiger charge is 2.17. The zero-order valence-electron chi connectivity index (χ0n) is 17.9. The van der Waals surface area contributed by atoms with Gasteiger partial charge in [0.15, 0.2) is 11.5 Å². The molecule has 4 aromatic rings. The molecule has 1 aromatic heterocycles. The van der Waals surface area contributed by atoms with E-state index in [2.05, 4.69) is 20.9 Å². The Morgan fingerprint density at radius 2 is 1.74 bits per heavy atom. The van der Waals surface area contributed by atoms with Gasteiger partial charge in [0.2, 0.25) is 12.7 Å². The second-order valence-electron chi connectivity index (χ2n) is 7.50. The van der Waals surface area contributed by atoms with Crippen molar-refractivity contribution in [3.63, 3.8) is 0 Å². The van der Waals surface area contributed by atoms with Crippen molar-refractivity contribution in [2.75, 3.05) is 17.4 Å². The predicted molar refractivity (Wildman–Crippen MR) is 124 cm³/mol. The van der Waals surface area contributed by atoms with Crippen LogP contribution < -0.4 is 25.7 Å². The topological polar surface area (TPSA) is 124 Å². The lowest BCUT2D eigenvalue weighted by Crippen LogP contribution is -2.27. The number of benzene rings is 3. The minimum absolute atomic E-state index is 0.0228. The number of nitrogens with one attached hydrogen (secondary N) is 2. The zero-order valence-corrected chi connectivity index (χ0v) is 17.9. The maximum atomic E-state index is 12.9. The molecule has 0 spiro atoms. The number of para-hydroxylation sites is 1. The van der Waals surface area contributed by atoms with Crippen LogP contribution in [-0.4, -0.2) is 33.6 Å². The molecule has 2 amide bonds. The van der Waals surface area contributed by atoms with Crippen molar-refractivity contribution >= 4 is 34.1 Å². The molecule has 1 aliphatic heterocycles. The Balaban J connectivity index is 1.26. The van der Waals surface area contributed by atoms with E-state index in [1.165, 1.54) is 0 Å². The highest BCUT2D eigenvalue weighted by atomic mass is 16.7. The molecule has 2 N–H and O–H groups in total. The number of rotatable bonds is 6. The summed E-state index contributed by atoms with van der Waals surface area (Å²) in [5.41, 5.74) is 1.35. The van der Waals surface area contributed by atoms with Gasteiger partial charge in [-0.2, -0.15) is 0 Å². The molecule has 2 heterocycles. The first-order valence-corrected chi connectivity index (χ1v) is 10.5. The first kappa shape index (κ1) is 21.1. The van der Waals surface area contributed by atoms with Crippen LogP contribution in [0, 0.1) is 0 Å². The van der Waals surface area contributed by atoms with Crippen LogP contribution in [0.2, 0.25) is 0 Å². The van der Waals surface area contributed by atoms with E-state index in [9.17, 15) is 14.4 Å². The summed E-state index contributed by atoms with van der Waals surface area (Å²) < 4.78 is 11.8. The molecule has 0 saturated carbocycles. The lowest BCUT2D eigenvalue weighted by molar-refractivity contribution is -0.116. The molecule has 0 unspecified atom stereocenters. The highest BCUT2D eigenvalue weighted by Crippen LogP contribution is 2.34. The Morgan fingerprint density at radius 3 is 2.65 bits per heavy atom. The molecular formula is C24H19N5O5. The van der Waals surface area contributed by atoms with E-state index in [0.717, 1.165) is 4.68 Å². The molecule has 0 radical (unpaired) electrons. The molecular weight excluding hydrogens is 438 g/mol. The molecule has 0 atom stereocenters. The molecule has 1 aliphatic rings. The molecule has 10 heteroatoms. The van der Waals surface area contributed by atoms with Gasteiger partial charge in [-0.3, -0.25) is 14.4 Å². The van der Waals surface area contributed by atoms with Crippen molar-refractivity contribution in [2.45, 2.75) is 13.0 Å². The molecule has 3 aromatic carbocycles. The molecule has 0 saturated heterocycles. The van der Waals surface area contributed by atoms with Gasteiger partial charge in [0.25, 0.3) is 11.5 Å². The first-order valence-electron chi connectivity index (χ1n) is 10.5. The molecule has 0 aliphatic carbocycles. The second kappa shape index (κ2) is 9.02. The van der Waals surface area contributed by atoms with Gasteiger partial charge in [0, 0.05) is 18.2 Å². The third kappa shape index (κ3) is 4.29. The minimum atomic E-state index is -0.397. The fourth-order valence-electron chi connectivity index (χ4n) is 3.55. The maximum Gasteiger partial charge on any atom is 0.277 e. The van der Waals surface area contributed by atoms with Crippen LogP contribution in [0.5, 0.6) is 11.5 Å². The third-order valence-electron chi connectivity index (χ3n) is 5.26. The normalized spacial score (nSPS) is 11.9. The van der Waals surface area contributed by atoms with Crippen LogP contribution in [0.15, 0.2) is 71.5 Å². The molecule has 0 fully saturated rings. The summed E-state index contributed by atoms with van der Waals surface area (Å²) in [5.74, 6) is 0.392. The molecule has 10 nitrogen and oxygen atoms in total. The number of nitrogens with zero attached hydrogens (tertiary/aromatic N) is 3. The van der Waals surface area contributed by atoms with Gasteiger partial charge in [0.05, 0.1) is 23.2 Å². The summed E-state index contributed by atoms with van der Waals surface area (Å²) in [6.07, 6.45) is -0.0228. The molecule has 170 valence electrons. The first-order chi connectivity index (χ1) is 16.6. The fourth-order valence-corrected chi connectivity index (χ4v) is 3.55. The van der Waals surface area contributed by atoms with Gasteiger partial charge in [-0.05, 0) is 36.4 Å². The largest absolute Gasteiger partial charge is 0.454 e. The SMILES string of the molecule is O=C(CCn1nnc2ccccc2c1=O)Nc1ccccc1C(=O)Nc1ccc2c(c1)OCO2. The van der Waals surface area contributed by atoms with Crippen LogP contribution in [0.1, 0.15) is 16.8 Å². The number of hydrogen-bond donors (Lipinski definition) is 2. The number of aryl methyl sites for hydroxylation is 1. The molecule has 34 heavy (non-hydrogen) atoms. The van der Waals surface area contributed by atoms with Gasteiger partial charge >= 0.3 is 0 Å². The number of carbonyl (C=O) groups excluding carboxylic acids is 2. The zero-order chi connectivity index (χ0) is 23.5. The maximum absolute atomic E-state index is 12.9. The van der Waals surface area contributed by atoms with Crippen molar-refractivity contribution in [1.29, 1.82) is 0 Å². The Hall–Kier alpha value is -4.73. The Kier molecular flexibility index (Phi) is 5.61. The average molecular weight is 457 g/mol. The number of hydrogen-bond acceptors (Lipinski definition) is 7. The number of amides is 2. The van der Waals surface area contributed by atoms with Gasteiger partial charge in [-0.15, -0.1) is 5.10 Å². The number of carbonyl (C=O) groups is 2. The van der Waals surface area contributed by atoms with E-state index in [-0.39, 0.29) is 36.8 Å². The highest BCUT2D eigenvalue weighted by molar-refractivity contribution is 6.10. The van der Waals surface area contributed by atoms with Crippen molar-refractivity contribution < 1.29 is 19.1 Å². The second-order valence-corrected chi connectivity index (χ2v) is 7.50. The van der Waals surface area contributed by atoms with Crippen LogP contribution in [0.4, 0.5) is 11.4 Å². The minimum Gasteiger partial charge on any atom is -0.454 e. The van der Waals surface area contributed by atoms with E-state index < -0.39 is 5.91 Å². The Morgan fingerprint density at radius 1 is 0.941 bits per heavy atom. The van der Waals surface area contributed by atoms with Gasteiger partial charge in [-0.1, -0.05) is 29.5 Å². The van der Waals surface area contributed by atoms with E-state index in [0.29, 0.717) is 33.8 Å². The van der Waals surface area contributed by atoms with Gasteiger partial charge in [-0.25, -0.2) is 4.68 Å². The van der Waals surface area contributed by atoms with Crippen molar-refractivity contribution in [2.24, 2.45) is 0 Å². The van der Waals surface area contributed by atoms with Crippen molar-refractivity contribution in [1.82, 2.24) is 15.0 Å². The van der Waals surface area contributed by atoms with E-state index in [1.54, 1.807) is 66.7 Å². The summed E-state index contributed by atoms with van der Waals surface area (Å²) in [6.45, 7) is 0.187. The van der Waals surface area contributed by atoms with Crippen molar-refractivity contribution in [3.8, 4) is 11.5 Å². The summed E-state index contributed by atoms with van der Waals surface area (Å²) in [7, 11) is 0. The number of fused-ring (bicyclic) bond motifs is 2. The Bertz CT molecular complexity index is 1470. The van der Waals surface area contributed by atoms with E-state index >= 15 is 0 Å². The van der Waals surface area contributed by atoms with Crippen LogP contribution in [0.3, 0.4) is 0 Å². The standard InChI is InChI=1S/C24H19N5O5/c30-22(11-12-29-24(32)17-6-2-4-8-19(17)27-28-29)26-18-7-3-1-5-16(18)23(31)25-15-9-10-20-21(13-15)34-14-33-20/h1-10,13H,11-12,14H2,(H,25,31)(H,26,30). The van der Waals surface area contributed by atoms with Gasteiger partial charge < -0.3 is 20.1 Å². The lowest BCUT2D eigenvalue weighted by Gasteiger charge is -2.12. The number of aromatic nitrogens is 3. The summed E-state index contributed by atoms with van der Waals surface area (Å²) in [6, 6.07) is 18.6. The van der Waals surface area contributed by atoms with Crippen LogP contribution in [0.25, 0.3) is 10.9 Å². The van der Waals surface area contributed by atoms with Crippen LogP contribution in [-0.2, 0) is 11.3 Å². The average Bonchev–Trinajstić information content (AvgIpc) is 3.32. The number of ether oxygens (including phenoxy) is 2. The van der Waals surface area contributed by atoms with Gasteiger partial charge in [0.1, 0.15) is 5.52 Å². The third-order valence-corrected chi connectivity index (χ3v) is 5.26. The predicted octanol–water partition coefficient (Wildman–Crippen LogP) is 2.80. The monoisotopic (exact) mass is 457 g/mol. The molecule has 0 bridgehead atoms. The quantitative estimate of drug-likeness (QED) is 0.456. The summed E-state index contributed by atoms with van der Waals surface area (Å²) in [5, 5.41) is 13.9. The van der Waals surface area contributed by atoms with E-state index in [4.69, 9.17) is 9.47 Å². The lowest BCUT2D eigenvalue weighted by atomic mass is 10.1. The molecule has 5 rings (SSSR count). The van der Waals surface area contributed by atoms with Crippen molar-refractivity contribution in [3.05, 3.63) is 82.6 Å².